The van der Waals surface area contributed by atoms with Gasteiger partial charge in [0.2, 0.25) is 0 Å². The Morgan fingerprint density at radius 2 is 0.534 bits per heavy atom. The Morgan fingerprint density at radius 1 is 0.362 bits per heavy atom. The third-order valence-corrected chi connectivity index (χ3v) is 12.8. The van der Waals surface area contributed by atoms with Gasteiger partial charge in [0.25, 0.3) is 0 Å². The molecule has 10 heteroatoms. The maximum atomic E-state index is 5.57. The van der Waals surface area contributed by atoms with Gasteiger partial charge in [0, 0.05) is 16.5 Å². The van der Waals surface area contributed by atoms with Crippen LogP contribution < -0.4 is 18.9 Å². The van der Waals surface area contributed by atoms with E-state index in [4.69, 9.17) is 69.5 Å². The normalized spacial score (nSPS) is 12.9. The number of rotatable bonds is 22. The van der Waals surface area contributed by atoms with E-state index < -0.39 is 0 Å². The van der Waals surface area contributed by atoms with Crippen LogP contribution in [-0.4, -0.2) is 59.1 Å². The first-order chi connectivity index (χ1) is 27.5. The molecule has 0 aliphatic rings. The molecule has 0 bridgehead atoms. The van der Waals surface area contributed by atoms with E-state index >= 15 is 0 Å². The molecule has 58 heavy (non-hydrogen) atoms. The molecule has 4 rings (SSSR count). The Bertz CT molecular complexity index is 1350. The van der Waals surface area contributed by atoms with Crippen LogP contribution in [0.25, 0.3) is 0 Å². The SMILES string of the molecule is CCCC[N+](CCCC)(CCCC)CCCC.COc1ccc(C([S-])C([S-])c2ccc(OC)cc2)cc1.COc1ccc(C([S-])C([S-])c2ccc(OC)cc2)cc1.[Ni]. The van der Waals surface area contributed by atoms with Gasteiger partial charge in [-0.25, -0.2) is 0 Å². The summed E-state index contributed by atoms with van der Waals surface area (Å²) in [7, 11) is 6.59. The van der Waals surface area contributed by atoms with Crippen LogP contribution in [0.15, 0.2) is 97.1 Å². The van der Waals surface area contributed by atoms with Crippen molar-refractivity contribution in [3.8, 4) is 23.0 Å². The number of unbranched alkanes of at least 4 members (excludes halogenated alkanes) is 4. The molecule has 4 atom stereocenters. The Labute approximate surface area is 384 Å². The molecule has 0 aromatic heterocycles. The second-order valence-electron chi connectivity index (χ2n) is 14.4. The predicted octanol–water partition coefficient (Wildman–Crippen LogP) is 12.2. The van der Waals surface area contributed by atoms with Crippen LogP contribution in [0.5, 0.6) is 23.0 Å². The molecule has 0 aliphatic heterocycles. The van der Waals surface area contributed by atoms with E-state index in [2.05, 4.69) is 27.7 Å². The number of nitrogens with zero attached hydrogens (tertiary/aromatic N) is 1. The number of hydrogen-bond donors (Lipinski definition) is 0. The molecular formula is C48H68NNiO4S4-3. The number of ether oxygens (including phenoxy) is 4. The van der Waals surface area contributed by atoms with E-state index in [1.807, 2.05) is 97.1 Å². The molecule has 0 aliphatic carbocycles. The van der Waals surface area contributed by atoms with Crippen LogP contribution in [0, 0.1) is 0 Å². The van der Waals surface area contributed by atoms with Gasteiger partial charge in [-0.05, 0) is 74.2 Å². The van der Waals surface area contributed by atoms with Crippen molar-refractivity contribution < 1.29 is 39.9 Å². The van der Waals surface area contributed by atoms with Crippen LogP contribution in [0.3, 0.4) is 0 Å². The molecule has 5 nitrogen and oxygen atoms in total. The molecular weight excluding hydrogens is 841 g/mol. The molecule has 0 heterocycles. The molecule has 326 valence electrons. The smallest absolute Gasteiger partial charge is 0.118 e. The van der Waals surface area contributed by atoms with Crippen LogP contribution in [-0.2, 0) is 67.0 Å². The fourth-order valence-electron chi connectivity index (χ4n) is 6.52. The summed E-state index contributed by atoms with van der Waals surface area (Å²) in [5.74, 6) is 3.28. The van der Waals surface area contributed by atoms with E-state index in [1.165, 1.54) is 82.0 Å². The molecule has 0 spiro atoms. The zero-order valence-electron chi connectivity index (χ0n) is 36.1. The average molecular weight is 910 g/mol. The van der Waals surface area contributed by atoms with Crippen molar-refractivity contribution >= 4 is 50.5 Å². The zero-order valence-corrected chi connectivity index (χ0v) is 40.3. The zero-order chi connectivity index (χ0) is 42.1. The standard InChI is InChI=1S/C16H36N.2C16H18O2S2.Ni/c1-5-9-13-17(14-10-6-2,15-11-7-3)16-12-8-4;2*1-17-13-7-3-11(4-8-13)15(19)16(20)12-5-9-14(18-2)10-6-12;/h5-16H2,1-4H3;2*3-10,15-16,19-20H,1-2H3;/q+1;;;/p-4. The molecule has 4 unspecified atom stereocenters. The van der Waals surface area contributed by atoms with Gasteiger partial charge < -0.3 is 73.9 Å². The monoisotopic (exact) mass is 908 g/mol. The third-order valence-electron chi connectivity index (χ3n) is 10.3. The Kier molecular flexibility index (Phi) is 28.7. The Hall–Kier alpha value is -2.07. The second-order valence-corrected chi connectivity index (χ2v) is 16.5. The molecule has 0 saturated heterocycles. The summed E-state index contributed by atoms with van der Waals surface area (Å²) in [5.41, 5.74) is 4.15. The van der Waals surface area contributed by atoms with Crippen molar-refractivity contribution in [2.45, 2.75) is 100 Å². The quantitative estimate of drug-likeness (QED) is 0.0439. The van der Waals surface area contributed by atoms with Crippen molar-refractivity contribution in [3.63, 3.8) is 0 Å². The van der Waals surface area contributed by atoms with E-state index in [0.717, 1.165) is 45.3 Å². The summed E-state index contributed by atoms with van der Waals surface area (Å²) in [6, 6.07) is 31.0. The number of methoxy groups -OCH3 is 4. The van der Waals surface area contributed by atoms with Crippen LogP contribution >= 0.6 is 0 Å². The van der Waals surface area contributed by atoms with Gasteiger partial charge in [-0.3, -0.25) is 0 Å². The Morgan fingerprint density at radius 3 is 0.672 bits per heavy atom. The second kappa shape index (κ2) is 30.9. The van der Waals surface area contributed by atoms with Crippen molar-refractivity contribution in [2.75, 3.05) is 54.6 Å². The van der Waals surface area contributed by atoms with Crippen molar-refractivity contribution in [3.05, 3.63) is 119 Å². The van der Waals surface area contributed by atoms with Crippen LogP contribution in [0.4, 0.5) is 0 Å². The summed E-state index contributed by atoms with van der Waals surface area (Å²) in [6.45, 7) is 15.0. The fraction of sp³-hybridized carbons (Fsp3) is 0.500. The average Bonchev–Trinajstić information content (AvgIpc) is 3.28. The summed E-state index contributed by atoms with van der Waals surface area (Å²) in [5, 5.41) is -0.595. The number of benzene rings is 4. The molecule has 0 N–H and O–H groups in total. The molecule has 4 aromatic rings. The van der Waals surface area contributed by atoms with Gasteiger partial charge in [-0.15, -0.1) is 0 Å². The van der Waals surface area contributed by atoms with Gasteiger partial charge in [-0.1, -0.05) is 124 Å². The van der Waals surface area contributed by atoms with Gasteiger partial charge in [0.1, 0.15) is 23.0 Å². The van der Waals surface area contributed by atoms with E-state index in [9.17, 15) is 0 Å². The summed E-state index contributed by atoms with van der Waals surface area (Å²) in [6.07, 6.45) is 11.1. The van der Waals surface area contributed by atoms with Crippen LogP contribution in [0.2, 0.25) is 0 Å². The Balaban J connectivity index is 0.000000434. The van der Waals surface area contributed by atoms with Gasteiger partial charge in [0.05, 0.1) is 54.6 Å². The largest absolute Gasteiger partial charge is 0.786 e. The minimum Gasteiger partial charge on any atom is -0.786 e. The number of hydrogen-bond acceptors (Lipinski definition) is 8. The van der Waals surface area contributed by atoms with Gasteiger partial charge >= 0.3 is 0 Å². The van der Waals surface area contributed by atoms with Crippen molar-refractivity contribution in [1.29, 1.82) is 0 Å². The summed E-state index contributed by atoms with van der Waals surface area (Å²) in [4.78, 5) is 0. The topological polar surface area (TPSA) is 36.9 Å². The molecule has 0 fully saturated rings. The first kappa shape index (κ1) is 54.0. The third kappa shape index (κ3) is 18.7. The predicted molar refractivity (Wildman–Crippen MR) is 252 cm³/mol. The fourth-order valence-corrected chi connectivity index (χ4v) is 7.78. The van der Waals surface area contributed by atoms with Crippen LogP contribution in [0.1, 0.15) is 122 Å². The molecule has 0 saturated carbocycles. The first-order valence-electron chi connectivity index (χ1n) is 20.6. The van der Waals surface area contributed by atoms with E-state index in [0.29, 0.717) is 0 Å². The molecule has 4 aromatic carbocycles. The minimum atomic E-state index is -0.149. The van der Waals surface area contributed by atoms with Crippen molar-refractivity contribution in [2.24, 2.45) is 0 Å². The first-order valence-corrected chi connectivity index (χ1v) is 22.5. The van der Waals surface area contributed by atoms with Gasteiger partial charge in [0.15, 0.2) is 0 Å². The summed E-state index contributed by atoms with van der Waals surface area (Å²) >= 11 is 22.3. The maximum Gasteiger partial charge on any atom is 0.118 e. The maximum absolute atomic E-state index is 5.57. The van der Waals surface area contributed by atoms with Gasteiger partial charge in [-0.2, -0.15) is 21.0 Å². The summed E-state index contributed by atoms with van der Waals surface area (Å²) < 4.78 is 22.0. The molecule has 0 amide bonds. The molecule has 0 radical (unpaired) electrons. The minimum absolute atomic E-state index is 0. The van der Waals surface area contributed by atoms with E-state index in [1.54, 1.807) is 28.4 Å². The number of quaternary nitrogens is 1. The van der Waals surface area contributed by atoms with Crippen molar-refractivity contribution in [1.82, 2.24) is 0 Å². The van der Waals surface area contributed by atoms with E-state index in [-0.39, 0.29) is 37.5 Å².